The van der Waals surface area contributed by atoms with Crippen LogP contribution in [0.15, 0.2) is 34.6 Å². The Labute approximate surface area is 187 Å². The summed E-state index contributed by atoms with van der Waals surface area (Å²) in [6.45, 7) is 5.00. The molecule has 6 nitrogen and oxygen atoms in total. The Morgan fingerprint density at radius 3 is 2.50 bits per heavy atom. The predicted octanol–water partition coefficient (Wildman–Crippen LogP) is 3.10. The molecule has 0 radical (unpaired) electrons. The zero-order valence-electron chi connectivity index (χ0n) is 16.4. The van der Waals surface area contributed by atoms with Gasteiger partial charge in [-0.3, -0.25) is 9.79 Å². The first kappa shape index (κ1) is 22.6. The van der Waals surface area contributed by atoms with Crippen molar-refractivity contribution in [2.24, 2.45) is 4.99 Å². The molecule has 1 aliphatic heterocycles. The summed E-state index contributed by atoms with van der Waals surface area (Å²) in [5.74, 6) is 0.984. The van der Waals surface area contributed by atoms with Gasteiger partial charge in [0, 0.05) is 51.4 Å². The molecule has 0 bridgehead atoms. The summed E-state index contributed by atoms with van der Waals surface area (Å²) in [6, 6.07) is 8.27. The van der Waals surface area contributed by atoms with E-state index in [1.165, 1.54) is 11.1 Å². The van der Waals surface area contributed by atoms with Crippen molar-refractivity contribution in [2.75, 3.05) is 20.1 Å². The number of thiazole rings is 1. The van der Waals surface area contributed by atoms with Crippen molar-refractivity contribution in [1.29, 1.82) is 0 Å². The molecular formula is C20H28IN5OS. The van der Waals surface area contributed by atoms with Gasteiger partial charge < -0.3 is 15.5 Å². The molecule has 3 rings (SSSR count). The number of halogens is 1. The van der Waals surface area contributed by atoms with Crippen molar-refractivity contribution in [1.82, 2.24) is 20.5 Å². The molecule has 0 aliphatic carbocycles. The number of guanidine groups is 1. The highest BCUT2D eigenvalue weighted by atomic mass is 127. The zero-order chi connectivity index (χ0) is 19.1. The average molecular weight is 513 g/mol. The van der Waals surface area contributed by atoms with Gasteiger partial charge in [0.05, 0.1) is 10.7 Å². The Hall–Kier alpha value is -1.68. The third-order valence-corrected chi connectivity index (χ3v) is 5.44. The van der Waals surface area contributed by atoms with Crippen LogP contribution in [0.1, 0.15) is 34.7 Å². The second-order valence-corrected chi connectivity index (χ2v) is 7.72. The largest absolute Gasteiger partial charge is 0.356 e. The second kappa shape index (κ2) is 11.4. The quantitative estimate of drug-likeness (QED) is 0.259. The molecule has 2 heterocycles. The molecule has 2 N–H and O–H groups in total. The van der Waals surface area contributed by atoms with Crippen LogP contribution in [0.2, 0.25) is 0 Å². The number of amides is 1. The summed E-state index contributed by atoms with van der Waals surface area (Å²) in [4.78, 5) is 23.0. The number of rotatable bonds is 7. The number of aliphatic imine (C=N–C) groups is 1. The zero-order valence-corrected chi connectivity index (χ0v) is 19.5. The lowest BCUT2D eigenvalue weighted by molar-refractivity contribution is -0.131. The van der Waals surface area contributed by atoms with Crippen molar-refractivity contribution < 1.29 is 4.79 Å². The maximum atomic E-state index is 12.4. The Bertz CT molecular complexity index is 782. The number of carbonyl (C=O) groups is 1. The van der Waals surface area contributed by atoms with E-state index in [0.717, 1.165) is 55.7 Å². The van der Waals surface area contributed by atoms with Crippen molar-refractivity contribution in [3.63, 3.8) is 0 Å². The van der Waals surface area contributed by atoms with E-state index < -0.39 is 0 Å². The van der Waals surface area contributed by atoms with Crippen LogP contribution < -0.4 is 10.6 Å². The smallest absolute Gasteiger partial charge is 0.223 e. The Balaban J connectivity index is 0.00000280. The summed E-state index contributed by atoms with van der Waals surface area (Å²) in [7, 11) is 1.76. The topological polar surface area (TPSA) is 69.6 Å². The maximum Gasteiger partial charge on any atom is 0.223 e. The SMILES string of the molecule is CN=C(NCCCC(=O)N1Cc2ccccc2C1)NCCc1csc(C)n1.I. The van der Waals surface area contributed by atoms with E-state index in [1.54, 1.807) is 18.4 Å². The van der Waals surface area contributed by atoms with Crippen molar-refractivity contribution in [3.05, 3.63) is 51.5 Å². The number of hydrogen-bond donors (Lipinski definition) is 2. The predicted molar refractivity (Wildman–Crippen MR) is 125 cm³/mol. The first-order valence-electron chi connectivity index (χ1n) is 9.36. The molecule has 1 aromatic heterocycles. The van der Waals surface area contributed by atoms with Crippen LogP contribution in [-0.4, -0.2) is 41.9 Å². The molecule has 0 atom stereocenters. The van der Waals surface area contributed by atoms with Gasteiger partial charge in [0.25, 0.3) is 0 Å². The second-order valence-electron chi connectivity index (χ2n) is 6.66. The molecule has 0 unspecified atom stereocenters. The summed E-state index contributed by atoms with van der Waals surface area (Å²) < 4.78 is 0. The number of benzene rings is 1. The lowest BCUT2D eigenvalue weighted by Gasteiger charge is -2.16. The fraction of sp³-hybridized carbons (Fsp3) is 0.450. The minimum atomic E-state index is 0. The van der Waals surface area contributed by atoms with Gasteiger partial charge in [0.1, 0.15) is 0 Å². The fourth-order valence-electron chi connectivity index (χ4n) is 3.17. The van der Waals surface area contributed by atoms with Gasteiger partial charge in [-0.2, -0.15) is 0 Å². The minimum Gasteiger partial charge on any atom is -0.356 e. The van der Waals surface area contributed by atoms with E-state index in [9.17, 15) is 4.79 Å². The average Bonchev–Trinajstić information content (AvgIpc) is 3.29. The molecule has 0 saturated heterocycles. The molecule has 1 aromatic carbocycles. The van der Waals surface area contributed by atoms with Gasteiger partial charge in [-0.05, 0) is 24.5 Å². The summed E-state index contributed by atoms with van der Waals surface area (Å²) in [6.07, 6.45) is 2.22. The fourth-order valence-corrected chi connectivity index (χ4v) is 3.81. The third kappa shape index (κ3) is 6.44. The summed E-state index contributed by atoms with van der Waals surface area (Å²) >= 11 is 1.67. The van der Waals surface area contributed by atoms with Crippen LogP contribution in [0, 0.1) is 6.92 Å². The molecule has 0 saturated carbocycles. The molecule has 1 amide bonds. The van der Waals surface area contributed by atoms with Gasteiger partial charge in [0.15, 0.2) is 5.96 Å². The first-order valence-corrected chi connectivity index (χ1v) is 10.2. The van der Waals surface area contributed by atoms with Gasteiger partial charge >= 0.3 is 0 Å². The molecule has 0 fully saturated rings. The van der Waals surface area contributed by atoms with Crippen LogP contribution in [0.25, 0.3) is 0 Å². The molecule has 1 aliphatic rings. The van der Waals surface area contributed by atoms with Gasteiger partial charge in [0.2, 0.25) is 5.91 Å². The Morgan fingerprint density at radius 2 is 1.89 bits per heavy atom. The number of nitrogens with zero attached hydrogens (tertiary/aromatic N) is 3. The number of nitrogens with one attached hydrogen (secondary N) is 2. The van der Waals surface area contributed by atoms with Crippen LogP contribution in [0.5, 0.6) is 0 Å². The highest BCUT2D eigenvalue weighted by molar-refractivity contribution is 14.0. The molecule has 8 heteroatoms. The Morgan fingerprint density at radius 1 is 1.21 bits per heavy atom. The number of aryl methyl sites for hydroxylation is 1. The highest BCUT2D eigenvalue weighted by Crippen LogP contribution is 2.22. The molecule has 2 aromatic rings. The summed E-state index contributed by atoms with van der Waals surface area (Å²) in [5.41, 5.74) is 3.64. The van der Waals surface area contributed by atoms with E-state index in [-0.39, 0.29) is 29.9 Å². The van der Waals surface area contributed by atoms with Crippen molar-refractivity contribution in [3.8, 4) is 0 Å². The molecular weight excluding hydrogens is 485 g/mol. The standard InChI is InChI=1S/C20H27N5OS.HI/c1-15-24-18(14-27-15)9-11-23-20(21-2)22-10-5-8-19(26)25-12-16-6-3-4-7-17(16)13-25;/h3-4,6-7,14H,5,8-13H2,1-2H3,(H2,21,22,23);1H. The van der Waals surface area contributed by atoms with Crippen molar-refractivity contribution >= 4 is 47.2 Å². The van der Waals surface area contributed by atoms with Gasteiger partial charge in [-0.1, -0.05) is 24.3 Å². The first-order chi connectivity index (χ1) is 13.2. The Kier molecular flexibility index (Phi) is 9.17. The van der Waals surface area contributed by atoms with Crippen molar-refractivity contribution in [2.45, 2.75) is 39.3 Å². The van der Waals surface area contributed by atoms with E-state index in [2.05, 4.69) is 38.1 Å². The number of fused-ring (bicyclic) bond motifs is 1. The molecule has 0 spiro atoms. The molecule has 152 valence electrons. The molecule has 28 heavy (non-hydrogen) atoms. The maximum absolute atomic E-state index is 12.4. The third-order valence-electron chi connectivity index (χ3n) is 4.62. The van der Waals surface area contributed by atoms with Crippen LogP contribution >= 0.6 is 35.3 Å². The van der Waals surface area contributed by atoms with E-state index in [1.807, 2.05) is 24.0 Å². The normalized spacial score (nSPS) is 13.1. The summed E-state index contributed by atoms with van der Waals surface area (Å²) in [5, 5.41) is 9.75. The number of carbonyl (C=O) groups excluding carboxylic acids is 1. The lowest BCUT2D eigenvalue weighted by atomic mass is 10.1. The lowest BCUT2D eigenvalue weighted by Crippen LogP contribution is -2.39. The van der Waals surface area contributed by atoms with E-state index >= 15 is 0 Å². The van der Waals surface area contributed by atoms with Crippen LogP contribution in [-0.2, 0) is 24.3 Å². The highest BCUT2D eigenvalue weighted by Gasteiger charge is 2.22. The van der Waals surface area contributed by atoms with Gasteiger partial charge in [-0.25, -0.2) is 4.98 Å². The van der Waals surface area contributed by atoms with E-state index in [4.69, 9.17) is 0 Å². The van der Waals surface area contributed by atoms with E-state index in [0.29, 0.717) is 6.42 Å². The number of aromatic nitrogens is 1. The monoisotopic (exact) mass is 513 g/mol. The van der Waals surface area contributed by atoms with Crippen LogP contribution in [0.4, 0.5) is 0 Å². The minimum absolute atomic E-state index is 0. The number of hydrogen-bond acceptors (Lipinski definition) is 4. The van der Waals surface area contributed by atoms with Gasteiger partial charge in [-0.15, -0.1) is 35.3 Å². The van der Waals surface area contributed by atoms with Crippen LogP contribution in [0.3, 0.4) is 0 Å².